The highest BCUT2D eigenvalue weighted by Crippen LogP contribution is 2.34. The van der Waals surface area contributed by atoms with Crippen LogP contribution in [-0.4, -0.2) is 31.9 Å². The molecule has 1 aromatic carbocycles. The molecule has 0 bridgehead atoms. The Morgan fingerprint density at radius 3 is 2.76 bits per heavy atom. The third-order valence-corrected chi connectivity index (χ3v) is 6.04. The number of nitrogens with one attached hydrogen (secondary N) is 1. The molecule has 0 atom stereocenters. The number of sulfonamides is 1. The number of fused-ring (bicyclic) bond motifs is 1. The fourth-order valence-electron chi connectivity index (χ4n) is 2.91. The van der Waals surface area contributed by atoms with Gasteiger partial charge in [-0.05, 0) is 55.4 Å². The number of anilines is 1. The lowest BCUT2D eigenvalue weighted by atomic mass is 10.0. The van der Waals surface area contributed by atoms with E-state index < -0.39 is 10.0 Å². The normalized spacial score (nSPS) is 18.7. The molecule has 1 saturated carbocycles. The van der Waals surface area contributed by atoms with Crippen LogP contribution >= 0.6 is 0 Å². The van der Waals surface area contributed by atoms with Crippen molar-refractivity contribution in [3.8, 4) is 0 Å². The molecular weight excluding hydrogens is 284 g/mol. The van der Waals surface area contributed by atoms with Crippen LogP contribution in [0.25, 0.3) is 0 Å². The Morgan fingerprint density at radius 2 is 2.10 bits per heavy atom. The van der Waals surface area contributed by atoms with E-state index in [1.807, 2.05) is 12.1 Å². The summed E-state index contributed by atoms with van der Waals surface area (Å²) in [6.07, 6.45) is 4.02. The highest BCUT2D eigenvalue weighted by molar-refractivity contribution is 7.89. The van der Waals surface area contributed by atoms with Gasteiger partial charge in [-0.2, -0.15) is 4.31 Å². The molecule has 116 valence electrons. The minimum absolute atomic E-state index is 0.214. The lowest BCUT2D eigenvalue weighted by Crippen LogP contribution is -2.36. The number of benzene rings is 1. The molecule has 1 N–H and O–H groups in total. The number of hydrogen-bond acceptors (Lipinski definition) is 3. The molecular formula is C16H24N2O2S. The quantitative estimate of drug-likeness (QED) is 0.910. The summed E-state index contributed by atoms with van der Waals surface area (Å²) in [6, 6.07) is 5.75. The van der Waals surface area contributed by atoms with Crippen LogP contribution in [0.15, 0.2) is 23.1 Å². The summed E-state index contributed by atoms with van der Waals surface area (Å²) in [5.74, 6) is 0.347. The first-order chi connectivity index (χ1) is 9.98. The van der Waals surface area contributed by atoms with Crippen molar-refractivity contribution < 1.29 is 8.42 Å². The summed E-state index contributed by atoms with van der Waals surface area (Å²) in [6.45, 7) is 5.73. The SMILES string of the molecule is CC(C)CN(C1CC1)S(=O)(=O)c1ccc2c(c1)CCCN2. The molecule has 1 aromatic rings. The van der Waals surface area contributed by atoms with E-state index in [0.29, 0.717) is 17.4 Å². The molecule has 0 aromatic heterocycles. The summed E-state index contributed by atoms with van der Waals surface area (Å²) in [5, 5.41) is 3.33. The fourth-order valence-corrected chi connectivity index (χ4v) is 4.81. The van der Waals surface area contributed by atoms with Gasteiger partial charge in [0.1, 0.15) is 0 Å². The Hall–Kier alpha value is -1.07. The number of aryl methyl sites for hydroxylation is 1. The zero-order chi connectivity index (χ0) is 15.0. The molecule has 5 heteroatoms. The van der Waals surface area contributed by atoms with Crippen molar-refractivity contribution in [2.24, 2.45) is 5.92 Å². The van der Waals surface area contributed by atoms with Crippen LogP contribution in [0.4, 0.5) is 5.69 Å². The van der Waals surface area contributed by atoms with Gasteiger partial charge in [-0.1, -0.05) is 13.8 Å². The van der Waals surface area contributed by atoms with Crippen molar-refractivity contribution in [1.82, 2.24) is 4.31 Å². The van der Waals surface area contributed by atoms with Crippen molar-refractivity contribution in [3.05, 3.63) is 23.8 Å². The van der Waals surface area contributed by atoms with Crippen molar-refractivity contribution in [2.75, 3.05) is 18.4 Å². The van der Waals surface area contributed by atoms with Crippen LogP contribution in [0, 0.1) is 5.92 Å². The molecule has 4 nitrogen and oxygen atoms in total. The summed E-state index contributed by atoms with van der Waals surface area (Å²) < 4.78 is 27.6. The van der Waals surface area contributed by atoms with Crippen LogP contribution < -0.4 is 5.32 Å². The minimum Gasteiger partial charge on any atom is -0.385 e. The van der Waals surface area contributed by atoms with Crippen LogP contribution in [0.2, 0.25) is 0 Å². The molecule has 0 spiro atoms. The lowest BCUT2D eigenvalue weighted by Gasteiger charge is -2.25. The second kappa shape index (κ2) is 5.61. The number of nitrogens with zero attached hydrogens (tertiary/aromatic N) is 1. The first-order valence-corrected chi connectivity index (χ1v) is 9.31. The van der Waals surface area contributed by atoms with Crippen molar-refractivity contribution >= 4 is 15.7 Å². The predicted octanol–water partition coefficient (Wildman–Crippen LogP) is 2.85. The number of rotatable bonds is 5. The standard InChI is InChI=1S/C16H24N2O2S/c1-12(2)11-18(14-5-6-14)21(19,20)15-7-8-16-13(10-15)4-3-9-17-16/h7-8,10,12,14,17H,3-6,9,11H2,1-2H3. The Morgan fingerprint density at radius 1 is 1.33 bits per heavy atom. The van der Waals surface area contributed by atoms with E-state index in [9.17, 15) is 8.42 Å². The van der Waals surface area contributed by atoms with Gasteiger partial charge in [-0.3, -0.25) is 0 Å². The van der Waals surface area contributed by atoms with Gasteiger partial charge in [0.25, 0.3) is 0 Å². The van der Waals surface area contributed by atoms with Gasteiger partial charge in [0.2, 0.25) is 10.0 Å². The van der Waals surface area contributed by atoms with Gasteiger partial charge in [-0.15, -0.1) is 0 Å². The first kappa shape index (κ1) is 14.9. The highest BCUT2D eigenvalue weighted by atomic mass is 32.2. The second-order valence-electron chi connectivity index (χ2n) is 6.55. The summed E-state index contributed by atoms with van der Waals surface area (Å²) >= 11 is 0. The Balaban J connectivity index is 1.93. The second-order valence-corrected chi connectivity index (χ2v) is 8.44. The summed E-state index contributed by atoms with van der Waals surface area (Å²) in [7, 11) is -3.36. The minimum atomic E-state index is -3.36. The smallest absolute Gasteiger partial charge is 0.243 e. The monoisotopic (exact) mass is 308 g/mol. The summed E-state index contributed by atoms with van der Waals surface area (Å²) in [4.78, 5) is 0.456. The molecule has 1 fully saturated rings. The van der Waals surface area contributed by atoms with Crippen LogP contribution in [-0.2, 0) is 16.4 Å². The van der Waals surface area contributed by atoms with Gasteiger partial charge in [0.15, 0.2) is 0 Å². The fraction of sp³-hybridized carbons (Fsp3) is 0.625. The average molecular weight is 308 g/mol. The molecule has 3 rings (SSSR count). The van der Waals surface area contributed by atoms with Crippen LogP contribution in [0.5, 0.6) is 0 Å². The largest absolute Gasteiger partial charge is 0.385 e. The van der Waals surface area contributed by atoms with E-state index in [4.69, 9.17) is 0 Å². The zero-order valence-electron chi connectivity index (χ0n) is 12.8. The van der Waals surface area contributed by atoms with Crippen LogP contribution in [0.3, 0.4) is 0 Å². The third-order valence-electron chi connectivity index (χ3n) is 4.12. The van der Waals surface area contributed by atoms with Gasteiger partial charge >= 0.3 is 0 Å². The van der Waals surface area contributed by atoms with Gasteiger partial charge in [-0.25, -0.2) is 8.42 Å². The first-order valence-electron chi connectivity index (χ1n) is 7.87. The van der Waals surface area contributed by atoms with E-state index in [0.717, 1.165) is 43.5 Å². The molecule has 21 heavy (non-hydrogen) atoms. The molecule has 0 amide bonds. The maximum Gasteiger partial charge on any atom is 0.243 e. The molecule has 0 saturated heterocycles. The predicted molar refractivity (Wildman–Crippen MR) is 85.0 cm³/mol. The van der Waals surface area contributed by atoms with Gasteiger partial charge in [0.05, 0.1) is 4.90 Å². The van der Waals surface area contributed by atoms with Gasteiger partial charge in [0, 0.05) is 24.8 Å². The Labute approximate surface area is 127 Å². The molecule has 1 aliphatic heterocycles. The van der Waals surface area contributed by atoms with E-state index in [1.54, 1.807) is 10.4 Å². The van der Waals surface area contributed by atoms with Crippen molar-refractivity contribution in [3.63, 3.8) is 0 Å². The lowest BCUT2D eigenvalue weighted by molar-refractivity contribution is 0.360. The molecule has 1 heterocycles. The number of hydrogen-bond donors (Lipinski definition) is 1. The summed E-state index contributed by atoms with van der Waals surface area (Å²) in [5.41, 5.74) is 2.21. The topological polar surface area (TPSA) is 49.4 Å². The Bertz CT molecular complexity index is 621. The van der Waals surface area contributed by atoms with E-state index >= 15 is 0 Å². The van der Waals surface area contributed by atoms with Crippen LogP contribution in [0.1, 0.15) is 38.7 Å². The van der Waals surface area contributed by atoms with E-state index in [2.05, 4.69) is 19.2 Å². The highest BCUT2D eigenvalue weighted by Gasteiger charge is 2.38. The third kappa shape index (κ3) is 3.09. The maximum absolute atomic E-state index is 12.9. The zero-order valence-corrected chi connectivity index (χ0v) is 13.6. The van der Waals surface area contributed by atoms with Crippen molar-refractivity contribution in [1.29, 1.82) is 0 Å². The molecule has 1 aliphatic carbocycles. The molecule has 0 radical (unpaired) electrons. The van der Waals surface area contributed by atoms with Gasteiger partial charge < -0.3 is 5.32 Å². The maximum atomic E-state index is 12.9. The average Bonchev–Trinajstić information content (AvgIpc) is 3.28. The van der Waals surface area contributed by atoms with Crippen molar-refractivity contribution in [2.45, 2.75) is 50.5 Å². The Kier molecular flexibility index (Phi) is 3.97. The van der Waals surface area contributed by atoms with E-state index in [-0.39, 0.29) is 6.04 Å². The van der Waals surface area contributed by atoms with E-state index in [1.165, 1.54) is 0 Å². The molecule has 2 aliphatic rings. The molecule has 0 unspecified atom stereocenters.